The SMILES string of the molecule is Cc1sc2ncn(CC(=O)OCC(=O)NC3CCC(C)CC3)c(=O)c2c1C. The third-order valence-corrected chi connectivity index (χ3v) is 6.32. The zero-order valence-corrected chi connectivity index (χ0v) is 16.7. The summed E-state index contributed by atoms with van der Waals surface area (Å²) >= 11 is 1.46. The van der Waals surface area contributed by atoms with Gasteiger partial charge in [-0.1, -0.05) is 6.92 Å². The third-order valence-electron chi connectivity index (χ3n) is 5.20. The van der Waals surface area contributed by atoms with Crippen molar-refractivity contribution in [3.05, 3.63) is 27.1 Å². The van der Waals surface area contributed by atoms with Crippen LogP contribution in [0.25, 0.3) is 10.2 Å². The fraction of sp³-hybridized carbons (Fsp3) is 0.579. The smallest absolute Gasteiger partial charge is 0.326 e. The van der Waals surface area contributed by atoms with Gasteiger partial charge in [0.25, 0.3) is 11.5 Å². The number of nitrogens with one attached hydrogen (secondary N) is 1. The lowest BCUT2D eigenvalue weighted by Crippen LogP contribution is -2.40. The number of hydrogen-bond acceptors (Lipinski definition) is 6. The first-order valence-corrected chi connectivity index (χ1v) is 10.1. The highest BCUT2D eigenvalue weighted by molar-refractivity contribution is 7.18. The van der Waals surface area contributed by atoms with Crippen LogP contribution in [0.15, 0.2) is 11.1 Å². The van der Waals surface area contributed by atoms with E-state index in [9.17, 15) is 14.4 Å². The maximum Gasteiger partial charge on any atom is 0.326 e. The first-order valence-electron chi connectivity index (χ1n) is 9.25. The van der Waals surface area contributed by atoms with E-state index in [4.69, 9.17) is 4.74 Å². The number of aryl methyl sites for hydroxylation is 2. The number of hydrogen-bond donors (Lipinski definition) is 1. The topological polar surface area (TPSA) is 90.3 Å². The molecule has 1 aliphatic rings. The lowest BCUT2D eigenvalue weighted by atomic mass is 9.87. The van der Waals surface area contributed by atoms with Gasteiger partial charge in [0.05, 0.1) is 11.7 Å². The first kappa shape index (κ1) is 19.5. The summed E-state index contributed by atoms with van der Waals surface area (Å²) in [7, 11) is 0. The first-order chi connectivity index (χ1) is 12.8. The van der Waals surface area contributed by atoms with Gasteiger partial charge < -0.3 is 10.1 Å². The molecule has 27 heavy (non-hydrogen) atoms. The Labute approximate surface area is 161 Å². The van der Waals surface area contributed by atoms with E-state index in [1.807, 2.05) is 13.8 Å². The van der Waals surface area contributed by atoms with Gasteiger partial charge in [-0.15, -0.1) is 11.3 Å². The fourth-order valence-electron chi connectivity index (χ4n) is 3.39. The molecule has 0 radical (unpaired) electrons. The summed E-state index contributed by atoms with van der Waals surface area (Å²) in [6, 6.07) is 0.159. The Bertz CT molecular complexity index is 910. The predicted octanol–water partition coefficient (Wildman–Crippen LogP) is 2.31. The highest BCUT2D eigenvalue weighted by Gasteiger charge is 2.20. The molecule has 1 N–H and O–H groups in total. The quantitative estimate of drug-likeness (QED) is 0.790. The minimum absolute atomic E-state index is 0.159. The monoisotopic (exact) mass is 391 g/mol. The van der Waals surface area contributed by atoms with Crippen molar-refractivity contribution in [3.8, 4) is 0 Å². The maximum absolute atomic E-state index is 12.6. The van der Waals surface area contributed by atoms with Gasteiger partial charge in [0.2, 0.25) is 0 Å². The van der Waals surface area contributed by atoms with Gasteiger partial charge in [-0.2, -0.15) is 0 Å². The summed E-state index contributed by atoms with van der Waals surface area (Å²) in [5.74, 6) is -0.223. The van der Waals surface area contributed by atoms with Crippen LogP contribution >= 0.6 is 11.3 Å². The Hall–Kier alpha value is -2.22. The van der Waals surface area contributed by atoms with E-state index in [0.717, 1.165) is 36.1 Å². The Balaban J connectivity index is 1.54. The van der Waals surface area contributed by atoms with E-state index in [0.29, 0.717) is 16.1 Å². The molecule has 2 aromatic rings. The molecule has 0 aromatic carbocycles. The van der Waals surface area contributed by atoms with Crippen LogP contribution in [-0.2, 0) is 20.9 Å². The molecule has 1 aliphatic carbocycles. The molecule has 8 heteroatoms. The van der Waals surface area contributed by atoms with Crippen LogP contribution in [0, 0.1) is 19.8 Å². The molecule has 0 unspecified atom stereocenters. The largest absolute Gasteiger partial charge is 0.454 e. The molecule has 0 aliphatic heterocycles. The highest BCUT2D eigenvalue weighted by Crippen LogP contribution is 2.25. The Morgan fingerprint density at radius 1 is 1.30 bits per heavy atom. The number of rotatable bonds is 5. The van der Waals surface area contributed by atoms with Crippen LogP contribution in [0.5, 0.6) is 0 Å². The van der Waals surface area contributed by atoms with Crippen molar-refractivity contribution in [2.45, 2.75) is 59.0 Å². The van der Waals surface area contributed by atoms with E-state index in [1.54, 1.807) is 0 Å². The molecule has 2 aromatic heterocycles. The molecule has 0 bridgehead atoms. The highest BCUT2D eigenvalue weighted by atomic mass is 32.1. The van der Waals surface area contributed by atoms with Crippen molar-refractivity contribution < 1.29 is 14.3 Å². The number of thiophene rings is 1. The molecule has 3 rings (SSSR count). The average Bonchev–Trinajstić information content (AvgIpc) is 2.92. The van der Waals surface area contributed by atoms with Gasteiger partial charge in [-0.3, -0.25) is 19.0 Å². The van der Waals surface area contributed by atoms with Crippen molar-refractivity contribution >= 4 is 33.4 Å². The second-order valence-electron chi connectivity index (χ2n) is 7.33. The van der Waals surface area contributed by atoms with Crippen LogP contribution in [0.1, 0.15) is 43.0 Å². The van der Waals surface area contributed by atoms with Gasteiger partial charge in [-0.05, 0) is 51.0 Å². The zero-order valence-electron chi connectivity index (χ0n) is 15.9. The number of fused-ring (bicyclic) bond motifs is 1. The van der Waals surface area contributed by atoms with Crippen molar-refractivity contribution in [2.24, 2.45) is 5.92 Å². The summed E-state index contributed by atoms with van der Waals surface area (Å²) in [6.07, 6.45) is 5.47. The minimum atomic E-state index is -0.629. The van der Waals surface area contributed by atoms with Gasteiger partial charge in [0, 0.05) is 10.9 Å². The molecule has 2 heterocycles. The van der Waals surface area contributed by atoms with E-state index >= 15 is 0 Å². The van der Waals surface area contributed by atoms with E-state index < -0.39 is 5.97 Å². The standard InChI is InChI=1S/C19H25N3O4S/c1-11-4-6-14(7-5-11)21-15(23)9-26-16(24)8-22-10-20-18-17(19(22)25)12(2)13(3)27-18/h10-11,14H,4-9H2,1-3H3,(H,21,23). The molecule has 1 saturated carbocycles. The van der Waals surface area contributed by atoms with Crippen molar-refractivity contribution in [3.63, 3.8) is 0 Å². The molecule has 1 amide bonds. The van der Waals surface area contributed by atoms with Gasteiger partial charge in [0.15, 0.2) is 6.61 Å². The molecular weight excluding hydrogens is 366 g/mol. The van der Waals surface area contributed by atoms with Crippen LogP contribution in [0.4, 0.5) is 0 Å². The Morgan fingerprint density at radius 2 is 2.00 bits per heavy atom. The van der Waals surface area contributed by atoms with Gasteiger partial charge in [-0.25, -0.2) is 4.98 Å². The van der Waals surface area contributed by atoms with Crippen LogP contribution in [0.3, 0.4) is 0 Å². The van der Waals surface area contributed by atoms with Crippen molar-refractivity contribution in [1.29, 1.82) is 0 Å². The normalized spacial score (nSPS) is 19.8. The second-order valence-corrected chi connectivity index (χ2v) is 8.53. The zero-order chi connectivity index (χ0) is 19.6. The molecule has 146 valence electrons. The van der Waals surface area contributed by atoms with Gasteiger partial charge >= 0.3 is 5.97 Å². The summed E-state index contributed by atoms with van der Waals surface area (Å²) < 4.78 is 6.26. The summed E-state index contributed by atoms with van der Waals surface area (Å²) in [4.78, 5) is 42.5. The molecule has 0 atom stereocenters. The van der Waals surface area contributed by atoms with E-state index in [-0.39, 0.29) is 30.7 Å². The number of ether oxygens (including phenoxy) is 1. The molecule has 0 spiro atoms. The number of carbonyl (C=O) groups is 2. The number of carbonyl (C=O) groups excluding carboxylic acids is 2. The van der Waals surface area contributed by atoms with Crippen LogP contribution in [0.2, 0.25) is 0 Å². The Morgan fingerprint density at radius 3 is 2.70 bits per heavy atom. The maximum atomic E-state index is 12.6. The fourth-order valence-corrected chi connectivity index (χ4v) is 4.37. The summed E-state index contributed by atoms with van der Waals surface area (Å²) in [5.41, 5.74) is 0.621. The number of amides is 1. The van der Waals surface area contributed by atoms with E-state index in [2.05, 4.69) is 17.2 Å². The number of aromatic nitrogens is 2. The Kier molecular flexibility index (Phi) is 5.94. The number of nitrogens with zero attached hydrogens (tertiary/aromatic N) is 2. The molecule has 7 nitrogen and oxygen atoms in total. The summed E-state index contributed by atoms with van der Waals surface area (Å²) in [5, 5.41) is 3.45. The molecule has 0 saturated heterocycles. The van der Waals surface area contributed by atoms with Gasteiger partial charge in [0.1, 0.15) is 11.4 Å². The predicted molar refractivity (Wildman–Crippen MR) is 104 cm³/mol. The van der Waals surface area contributed by atoms with Crippen LogP contribution in [-0.4, -0.2) is 34.1 Å². The minimum Gasteiger partial charge on any atom is -0.454 e. The van der Waals surface area contributed by atoms with Crippen molar-refractivity contribution in [1.82, 2.24) is 14.9 Å². The van der Waals surface area contributed by atoms with E-state index in [1.165, 1.54) is 22.2 Å². The number of esters is 1. The molecule has 1 fully saturated rings. The summed E-state index contributed by atoms with van der Waals surface area (Å²) in [6.45, 7) is 5.44. The van der Waals surface area contributed by atoms with Crippen LogP contribution < -0.4 is 10.9 Å². The second kappa shape index (κ2) is 8.21. The van der Waals surface area contributed by atoms with Crippen molar-refractivity contribution in [2.75, 3.05) is 6.61 Å². The lowest BCUT2D eigenvalue weighted by Gasteiger charge is -2.26. The third kappa shape index (κ3) is 4.55. The average molecular weight is 391 g/mol. The molecular formula is C19H25N3O4S. The lowest BCUT2D eigenvalue weighted by molar-refractivity contribution is -0.149.